The topological polar surface area (TPSA) is 20.2 Å². The van der Waals surface area contributed by atoms with Gasteiger partial charge < -0.3 is 5.11 Å². The van der Waals surface area contributed by atoms with Crippen molar-refractivity contribution in [3.8, 4) is 0 Å². The third-order valence-electron chi connectivity index (χ3n) is 3.41. The van der Waals surface area contributed by atoms with Crippen molar-refractivity contribution < 1.29 is 5.11 Å². The van der Waals surface area contributed by atoms with E-state index >= 15 is 0 Å². The fraction of sp³-hybridized carbons (Fsp3) is 0.294. The maximum absolute atomic E-state index is 10.5. The highest BCUT2D eigenvalue weighted by molar-refractivity contribution is 6.30. The minimum absolute atomic E-state index is 0.471. The molecule has 0 fully saturated rings. The van der Waals surface area contributed by atoms with E-state index in [4.69, 9.17) is 11.6 Å². The predicted octanol–water partition coefficient (Wildman–Crippen LogP) is 4.54. The summed E-state index contributed by atoms with van der Waals surface area (Å²) in [7, 11) is 0. The molecular weight excluding hydrogens is 256 g/mol. The van der Waals surface area contributed by atoms with Crippen molar-refractivity contribution in [1.82, 2.24) is 0 Å². The summed E-state index contributed by atoms with van der Waals surface area (Å²) in [5.74, 6) is 0. The summed E-state index contributed by atoms with van der Waals surface area (Å²) in [5.41, 5.74) is 5.67. The highest BCUT2D eigenvalue weighted by Crippen LogP contribution is 2.26. The summed E-state index contributed by atoms with van der Waals surface area (Å²) >= 11 is 5.87. The standard InChI is InChI=1S/C17H19ClO/c1-11-8-12(2)17(13(3)9-11)16(19)10-14-4-6-15(18)7-5-14/h4-9,16,19H,10H2,1-3H3. The molecule has 2 aromatic carbocycles. The lowest BCUT2D eigenvalue weighted by atomic mass is 9.92. The first-order chi connectivity index (χ1) is 8.97. The lowest BCUT2D eigenvalue weighted by molar-refractivity contribution is 0.177. The zero-order valence-corrected chi connectivity index (χ0v) is 12.3. The van der Waals surface area contributed by atoms with Gasteiger partial charge in [-0.3, -0.25) is 0 Å². The van der Waals surface area contributed by atoms with Crippen LogP contribution in [0.4, 0.5) is 0 Å². The van der Waals surface area contributed by atoms with E-state index in [0.29, 0.717) is 6.42 Å². The molecule has 1 unspecified atom stereocenters. The molecule has 2 heteroatoms. The summed E-state index contributed by atoms with van der Waals surface area (Å²) < 4.78 is 0. The Morgan fingerprint density at radius 2 is 1.53 bits per heavy atom. The van der Waals surface area contributed by atoms with E-state index in [1.807, 2.05) is 24.3 Å². The summed E-state index contributed by atoms with van der Waals surface area (Å²) in [5, 5.41) is 11.2. The summed E-state index contributed by atoms with van der Waals surface area (Å²) in [6.07, 6.45) is 0.142. The average molecular weight is 275 g/mol. The number of aryl methyl sites for hydroxylation is 3. The van der Waals surface area contributed by atoms with Crippen molar-refractivity contribution in [2.24, 2.45) is 0 Å². The van der Waals surface area contributed by atoms with Crippen molar-refractivity contribution in [3.05, 3.63) is 69.2 Å². The average Bonchev–Trinajstić information content (AvgIpc) is 2.30. The number of aliphatic hydroxyl groups excluding tert-OH is 1. The Bertz CT molecular complexity index is 549. The Kier molecular flexibility index (Phi) is 4.28. The Hall–Kier alpha value is -1.31. The quantitative estimate of drug-likeness (QED) is 0.871. The summed E-state index contributed by atoms with van der Waals surface area (Å²) in [6, 6.07) is 11.9. The second kappa shape index (κ2) is 5.77. The van der Waals surface area contributed by atoms with Gasteiger partial charge >= 0.3 is 0 Å². The van der Waals surface area contributed by atoms with Crippen LogP contribution in [0.1, 0.15) is 33.9 Å². The monoisotopic (exact) mass is 274 g/mol. The van der Waals surface area contributed by atoms with E-state index in [0.717, 1.165) is 27.3 Å². The van der Waals surface area contributed by atoms with Crippen LogP contribution >= 0.6 is 11.6 Å². The van der Waals surface area contributed by atoms with Crippen LogP contribution in [-0.2, 0) is 6.42 Å². The normalized spacial score (nSPS) is 12.5. The van der Waals surface area contributed by atoms with Crippen LogP contribution < -0.4 is 0 Å². The fourth-order valence-corrected chi connectivity index (χ4v) is 2.79. The minimum Gasteiger partial charge on any atom is -0.388 e. The molecule has 100 valence electrons. The van der Waals surface area contributed by atoms with Crippen LogP contribution in [0.2, 0.25) is 5.02 Å². The van der Waals surface area contributed by atoms with Gasteiger partial charge in [0.25, 0.3) is 0 Å². The smallest absolute Gasteiger partial charge is 0.0835 e. The molecule has 1 N–H and O–H groups in total. The lowest BCUT2D eigenvalue weighted by Gasteiger charge is -2.17. The van der Waals surface area contributed by atoms with Gasteiger partial charge in [-0.15, -0.1) is 0 Å². The highest BCUT2D eigenvalue weighted by Gasteiger charge is 2.14. The Morgan fingerprint density at radius 3 is 2.05 bits per heavy atom. The molecule has 0 spiro atoms. The largest absolute Gasteiger partial charge is 0.388 e. The molecule has 0 amide bonds. The molecule has 0 saturated heterocycles. The van der Waals surface area contributed by atoms with Gasteiger partial charge in [0.15, 0.2) is 0 Å². The van der Waals surface area contributed by atoms with E-state index < -0.39 is 6.10 Å². The molecule has 0 aromatic heterocycles. The Labute approximate surface area is 119 Å². The van der Waals surface area contributed by atoms with E-state index in [1.165, 1.54) is 5.56 Å². The van der Waals surface area contributed by atoms with Gasteiger partial charge in [-0.2, -0.15) is 0 Å². The lowest BCUT2D eigenvalue weighted by Crippen LogP contribution is -2.06. The predicted molar refractivity (Wildman–Crippen MR) is 80.8 cm³/mol. The van der Waals surface area contributed by atoms with E-state index in [2.05, 4.69) is 32.9 Å². The maximum Gasteiger partial charge on any atom is 0.0835 e. The van der Waals surface area contributed by atoms with Gasteiger partial charge in [0, 0.05) is 11.4 Å². The van der Waals surface area contributed by atoms with Gasteiger partial charge in [-0.25, -0.2) is 0 Å². The second-order valence-corrected chi connectivity index (χ2v) is 5.60. The molecule has 1 atom stereocenters. The van der Waals surface area contributed by atoms with Crippen LogP contribution in [0.5, 0.6) is 0 Å². The highest BCUT2D eigenvalue weighted by atomic mass is 35.5. The molecule has 0 saturated carbocycles. The molecular formula is C17H19ClO. The maximum atomic E-state index is 10.5. The first-order valence-corrected chi connectivity index (χ1v) is 6.85. The Morgan fingerprint density at radius 1 is 1.00 bits per heavy atom. The van der Waals surface area contributed by atoms with Gasteiger partial charge in [0.1, 0.15) is 0 Å². The molecule has 2 rings (SSSR count). The molecule has 0 heterocycles. The minimum atomic E-state index is -0.471. The number of benzene rings is 2. The third kappa shape index (κ3) is 3.37. The van der Waals surface area contributed by atoms with Crippen LogP contribution in [-0.4, -0.2) is 5.11 Å². The van der Waals surface area contributed by atoms with Gasteiger partial charge in [0.2, 0.25) is 0 Å². The van der Waals surface area contributed by atoms with Crippen molar-refractivity contribution in [2.45, 2.75) is 33.3 Å². The zero-order chi connectivity index (χ0) is 14.0. The molecule has 19 heavy (non-hydrogen) atoms. The molecule has 0 bridgehead atoms. The molecule has 0 aliphatic heterocycles. The number of halogens is 1. The van der Waals surface area contributed by atoms with Crippen LogP contribution in [0, 0.1) is 20.8 Å². The fourth-order valence-electron chi connectivity index (χ4n) is 2.66. The van der Waals surface area contributed by atoms with Crippen molar-refractivity contribution >= 4 is 11.6 Å². The van der Waals surface area contributed by atoms with Crippen molar-refractivity contribution in [2.75, 3.05) is 0 Å². The number of hydrogen-bond acceptors (Lipinski definition) is 1. The van der Waals surface area contributed by atoms with E-state index in [-0.39, 0.29) is 0 Å². The van der Waals surface area contributed by atoms with Crippen molar-refractivity contribution in [1.29, 1.82) is 0 Å². The number of aliphatic hydroxyl groups is 1. The molecule has 0 aliphatic rings. The van der Waals surface area contributed by atoms with Crippen LogP contribution in [0.3, 0.4) is 0 Å². The molecule has 1 nitrogen and oxygen atoms in total. The SMILES string of the molecule is Cc1cc(C)c(C(O)Cc2ccc(Cl)cc2)c(C)c1. The van der Waals surface area contributed by atoms with Crippen LogP contribution in [0.15, 0.2) is 36.4 Å². The van der Waals surface area contributed by atoms with Crippen LogP contribution in [0.25, 0.3) is 0 Å². The van der Waals surface area contributed by atoms with Gasteiger partial charge in [0.05, 0.1) is 6.10 Å². The van der Waals surface area contributed by atoms with Gasteiger partial charge in [-0.05, 0) is 55.2 Å². The van der Waals surface area contributed by atoms with Crippen molar-refractivity contribution in [3.63, 3.8) is 0 Å². The third-order valence-corrected chi connectivity index (χ3v) is 3.67. The van der Waals surface area contributed by atoms with E-state index in [9.17, 15) is 5.11 Å². The molecule has 0 aliphatic carbocycles. The Balaban J connectivity index is 2.25. The van der Waals surface area contributed by atoms with E-state index in [1.54, 1.807) is 0 Å². The molecule has 2 aromatic rings. The zero-order valence-electron chi connectivity index (χ0n) is 11.6. The number of rotatable bonds is 3. The van der Waals surface area contributed by atoms with Gasteiger partial charge in [-0.1, -0.05) is 41.4 Å². The first kappa shape index (κ1) is 14.1. The summed E-state index contributed by atoms with van der Waals surface area (Å²) in [6.45, 7) is 6.19. The summed E-state index contributed by atoms with van der Waals surface area (Å²) in [4.78, 5) is 0. The molecule has 0 radical (unpaired) electrons. The number of hydrogen-bond donors (Lipinski definition) is 1. The first-order valence-electron chi connectivity index (χ1n) is 6.47. The second-order valence-electron chi connectivity index (χ2n) is 5.16.